The number of nitrogens with zero attached hydrogens (tertiary/aromatic N) is 2. The van der Waals surface area contributed by atoms with E-state index in [9.17, 15) is 0 Å². The Morgan fingerprint density at radius 1 is 1.00 bits per heavy atom. The minimum Gasteiger partial charge on any atom is -0.339 e. The summed E-state index contributed by atoms with van der Waals surface area (Å²) >= 11 is 1.70. The van der Waals surface area contributed by atoms with Crippen molar-refractivity contribution in [2.45, 2.75) is 20.3 Å². The number of aromatic nitrogens is 2. The molecular formula is C21H19N3S. The Morgan fingerprint density at radius 2 is 1.84 bits per heavy atom. The maximum absolute atomic E-state index is 4.51. The highest BCUT2D eigenvalue weighted by atomic mass is 32.1. The summed E-state index contributed by atoms with van der Waals surface area (Å²) in [6.07, 6.45) is 2.62. The van der Waals surface area contributed by atoms with E-state index in [1.807, 2.05) is 6.07 Å². The number of hydrogen-bond donors (Lipinski definition) is 1. The fourth-order valence-electron chi connectivity index (χ4n) is 3.02. The standard InChI is InChI=1S/C21H19N3S/c1-3-15-11-7-8-14(2)19(15)24-20-17-12-18(16-9-5-4-6-10-16)25-21(17)23-13-22-20/h4-13H,3H2,1-2H3,(H,22,23,24). The molecule has 2 heterocycles. The Labute approximate surface area is 151 Å². The summed E-state index contributed by atoms with van der Waals surface area (Å²) < 4.78 is 0. The van der Waals surface area contributed by atoms with Crippen LogP contribution in [0.4, 0.5) is 11.5 Å². The summed E-state index contributed by atoms with van der Waals surface area (Å²) in [5, 5.41) is 4.62. The molecule has 1 N–H and O–H groups in total. The van der Waals surface area contributed by atoms with Crippen molar-refractivity contribution in [1.82, 2.24) is 9.97 Å². The van der Waals surface area contributed by atoms with E-state index in [1.54, 1.807) is 17.7 Å². The molecule has 4 rings (SSSR count). The van der Waals surface area contributed by atoms with Gasteiger partial charge in [0.2, 0.25) is 0 Å². The van der Waals surface area contributed by atoms with Crippen LogP contribution in [-0.2, 0) is 6.42 Å². The van der Waals surface area contributed by atoms with Crippen molar-refractivity contribution in [3.8, 4) is 10.4 Å². The SMILES string of the molecule is CCc1cccc(C)c1Nc1ncnc2sc(-c3ccccc3)cc12. The second-order valence-electron chi connectivity index (χ2n) is 6.01. The molecule has 0 unspecified atom stereocenters. The molecule has 0 radical (unpaired) electrons. The quantitative estimate of drug-likeness (QED) is 0.495. The maximum atomic E-state index is 4.51. The van der Waals surface area contributed by atoms with Gasteiger partial charge in [-0.25, -0.2) is 9.97 Å². The molecule has 0 aliphatic rings. The number of rotatable bonds is 4. The van der Waals surface area contributed by atoms with Gasteiger partial charge in [0.05, 0.1) is 5.39 Å². The average Bonchev–Trinajstić information content (AvgIpc) is 3.09. The summed E-state index contributed by atoms with van der Waals surface area (Å²) in [5.41, 5.74) is 4.88. The molecule has 4 heteroatoms. The largest absolute Gasteiger partial charge is 0.339 e. The Hall–Kier alpha value is -2.72. The van der Waals surface area contributed by atoms with E-state index >= 15 is 0 Å². The van der Waals surface area contributed by atoms with Crippen molar-refractivity contribution in [3.63, 3.8) is 0 Å². The van der Waals surface area contributed by atoms with Crippen LogP contribution >= 0.6 is 11.3 Å². The number of aryl methyl sites for hydroxylation is 2. The summed E-state index contributed by atoms with van der Waals surface area (Å²) in [7, 11) is 0. The van der Waals surface area contributed by atoms with Crippen LogP contribution < -0.4 is 5.32 Å². The molecule has 0 spiro atoms. The van der Waals surface area contributed by atoms with E-state index < -0.39 is 0 Å². The van der Waals surface area contributed by atoms with Gasteiger partial charge in [0.25, 0.3) is 0 Å². The zero-order chi connectivity index (χ0) is 17.2. The Balaban J connectivity index is 1.80. The number of fused-ring (bicyclic) bond motifs is 1. The van der Waals surface area contributed by atoms with Gasteiger partial charge < -0.3 is 5.32 Å². The molecule has 0 bridgehead atoms. The zero-order valence-corrected chi connectivity index (χ0v) is 15.1. The molecule has 25 heavy (non-hydrogen) atoms. The number of nitrogens with one attached hydrogen (secondary N) is 1. The highest BCUT2D eigenvalue weighted by Crippen LogP contribution is 2.36. The first-order chi connectivity index (χ1) is 12.3. The summed E-state index contributed by atoms with van der Waals surface area (Å²) in [6.45, 7) is 4.30. The van der Waals surface area contributed by atoms with E-state index in [2.05, 4.69) is 77.7 Å². The van der Waals surface area contributed by atoms with E-state index in [-0.39, 0.29) is 0 Å². The molecule has 2 aromatic heterocycles. The van der Waals surface area contributed by atoms with Crippen molar-refractivity contribution in [2.24, 2.45) is 0 Å². The topological polar surface area (TPSA) is 37.8 Å². The highest BCUT2D eigenvalue weighted by molar-refractivity contribution is 7.21. The Bertz CT molecular complexity index is 1020. The lowest BCUT2D eigenvalue weighted by Gasteiger charge is -2.13. The van der Waals surface area contributed by atoms with E-state index in [0.29, 0.717) is 0 Å². The molecule has 0 amide bonds. The smallest absolute Gasteiger partial charge is 0.142 e. The van der Waals surface area contributed by atoms with Gasteiger partial charge in [-0.05, 0) is 36.1 Å². The van der Waals surface area contributed by atoms with Gasteiger partial charge in [-0.1, -0.05) is 55.5 Å². The highest BCUT2D eigenvalue weighted by Gasteiger charge is 2.12. The maximum Gasteiger partial charge on any atom is 0.142 e. The van der Waals surface area contributed by atoms with Crippen molar-refractivity contribution in [1.29, 1.82) is 0 Å². The zero-order valence-electron chi connectivity index (χ0n) is 14.3. The first-order valence-electron chi connectivity index (χ1n) is 8.41. The first kappa shape index (κ1) is 15.8. The van der Waals surface area contributed by atoms with Crippen LogP contribution in [0.25, 0.3) is 20.7 Å². The van der Waals surface area contributed by atoms with Gasteiger partial charge in [0.15, 0.2) is 0 Å². The van der Waals surface area contributed by atoms with Crippen LogP contribution in [0.2, 0.25) is 0 Å². The van der Waals surface area contributed by atoms with Crippen molar-refractivity contribution >= 4 is 33.1 Å². The first-order valence-corrected chi connectivity index (χ1v) is 9.23. The van der Waals surface area contributed by atoms with Crippen LogP contribution in [0, 0.1) is 6.92 Å². The van der Waals surface area contributed by atoms with E-state index in [1.165, 1.54) is 21.6 Å². The van der Waals surface area contributed by atoms with Crippen LogP contribution in [0.5, 0.6) is 0 Å². The number of para-hydroxylation sites is 1. The van der Waals surface area contributed by atoms with Crippen molar-refractivity contribution in [3.05, 3.63) is 72.1 Å². The number of benzene rings is 2. The minimum absolute atomic E-state index is 0.868. The molecule has 3 nitrogen and oxygen atoms in total. The lowest BCUT2D eigenvalue weighted by Crippen LogP contribution is -2.00. The molecular weight excluding hydrogens is 326 g/mol. The summed E-state index contributed by atoms with van der Waals surface area (Å²) in [6, 6.07) is 19.0. The normalized spacial score (nSPS) is 11.0. The van der Waals surface area contributed by atoms with E-state index in [0.717, 1.165) is 28.1 Å². The Kier molecular flexibility index (Phi) is 4.20. The van der Waals surface area contributed by atoms with Crippen LogP contribution in [0.1, 0.15) is 18.1 Å². The van der Waals surface area contributed by atoms with Gasteiger partial charge in [0, 0.05) is 10.6 Å². The van der Waals surface area contributed by atoms with Gasteiger partial charge in [0.1, 0.15) is 17.0 Å². The van der Waals surface area contributed by atoms with Gasteiger partial charge >= 0.3 is 0 Å². The summed E-state index contributed by atoms with van der Waals surface area (Å²) in [5.74, 6) is 0.868. The summed E-state index contributed by atoms with van der Waals surface area (Å²) in [4.78, 5) is 11.2. The molecule has 124 valence electrons. The fourth-order valence-corrected chi connectivity index (χ4v) is 4.02. The predicted molar refractivity (Wildman–Crippen MR) is 107 cm³/mol. The predicted octanol–water partition coefficient (Wildman–Crippen LogP) is 5.97. The minimum atomic E-state index is 0.868. The molecule has 0 atom stereocenters. The molecule has 0 saturated carbocycles. The van der Waals surface area contributed by atoms with Gasteiger partial charge in [-0.15, -0.1) is 11.3 Å². The number of anilines is 2. The lowest BCUT2D eigenvalue weighted by molar-refractivity contribution is 1.13. The number of thiophene rings is 1. The van der Waals surface area contributed by atoms with Crippen LogP contribution in [0.15, 0.2) is 60.9 Å². The monoisotopic (exact) mass is 345 g/mol. The molecule has 0 aliphatic heterocycles. The van der Waals surface area contributed by atoms with Crippen LogP contribution in [-0.4, -0.2) is 9.97 Å². The molecule has 2 aromatic carbocycles. The third-order valence-corrected chi connectivity index (χ3v) is 5.46. The third-order valence-electron chi connectivity index (χ3n) is 4.37. The van der Waals surface area contributed by atoms with E-state index in [4.69, 9.17) is 0 Å². The van der Waals surface area contributed by atoms with Gasteiger partial charge in [-0.2, -0.15) is 0 Å². The fraction of sp³-hybridized carbons (Fsp3) is 0.143. The third kappa shape index (κ3) is 3.01. The Morgan fingerprint density at radius 3 is 2.64 bits per heavy atom. The van der Waals surface area contributed by atoms with Crippen molar-refractivity contribution in [2.75, 3.05) is 5.32 Å². The molecule has 0 fully saturated rings. The second kappa shape index (κ2) is 6.65. The molecule has 0 aliphatic carbocycles. The van der Waals surface area contributed by atoms with Gasteiger partial charge in [-0.3, -0.25) is 0 Å². The average molecular weight is 345 g/mol. The number of hydrogen-bond acceptors (Lipinski definition) is 4. The molecule has 0 saturated heterocycles. The van der Waals surface area contributed by atoms with Crippen LogP contribution in [0.3, 0.4) is 0 Å². The molecule has 4 aromatic rings. The lowest BCUT2D eigenvalue weighted by atomic mass is 10.1. The van der Waals surface area contributed by atoms with Crippen molar-refractivity contribution < 1.29 is 0 Å². The second-order valence-corrected chi connectivity index (χ2v) is 7.04.